The number of rotatable bonds is 9. The zero-order valence-corrected chi connectivity index (χ0v) is 16.6. The number of carbonyl (C=O) groups excluding carboxylic acids is 1. The highest BCUT2D eigenvalue weighted by atomic mass is 32.2. The molecule has 7 nitrogen and oxygen atoms in total. The predicted octanol–water partition coefficient (Wildman–Crippen LogP) is 2.10. The minimum atomic E-state index is -3.54. The van der Waals surface area contributed by atoms with Gasteiger partial charge in [0, 0.05) is 25.2 Å². The largest absolute Gasteiger partial charge is 0.459 e. The number of morpholine rings is 1. The first-order valence-corrected chi connectivity index (χ1v) is 11.1. The third-order valence-electron chi connectivity index (χ3n) is 4.69. The van der Waals surface area contributed by atoms with Crippen LogP contribution in [0.3, 0.4) is 0 Å². The van der Waals surface area contributed by atoms with Gasteiger partial charge >= 0.3 is 0 Å². The Kier molecular flexibility index (Phi) is 7.24. The molecule has 1 aliphatic rings. The lowest BCUT2D eigenvalue weighted by atomic mass is 10.2. The van der Waals surface area contributed by atoms with Crippen molar-refractivity contribution in [1.82, 2.24) is 10.2 Å². The number of amides is 1. The SMILES string of the molecule is O=C(NCCCCN1CCOCC1)c1occc1CS(=O)(=O)c1ccccc1. The zero-order valence-electron chi connectivity index (χ0n) is 15.8. The summed E-state index contributed by atoms with van der Waals surface area (Å²) in [6.07, 6.45) is 3.18. The van der Waals surface area contributed by atoms with Crippen LogP contribution in [0.25, 0.3) is 0 Å². The van der Waals surface area contributed by atoms with Crippen LogP contribution in [0.2, 0.25) is 0 Å². The molecule has 0 atom stereocenters. The number of benzene rings is 1. The van der Waals surface area contributed by atoms with Gasteiger partial charge in [-0.05, 0) is 37.6 Å². The van der Waals surface area contributed by atoms with Crippen molar-refractivity contribution in [2.45, 2.75) is 23.5 Å². The maximum Gasteiger partial charge on any atom is 0.287 e. The minimum absolute atomic E-state index is 0.0627. The molecule has 28 heavy (non-hydrogen) atoms. The maximum atomic E-state index is 12.5. The summed E-state index contributed by atoms with van der Waals surface area (Å²) in [5.74, 6) is -0.588. The van der Waals surface area contributed by atoms with Gasteiger partial charge in [0.1, 0.15) is 0 Å². The summed E-state index contributed by atoms with van der Waals surface area (Å²) < 4.78 is 35.7. The van der Waals surface area contributed by atoms with E-state index >= 15 is 0 Å². The van der Waals surface area contributed by atoms with Crippen molar-refractivity contribution >= 4 is 15.7 Å². The molecule has 1 N–H and O–H groups in total. The fourth-order valence-electron chi connectivity index (χ4n) is 3.13. The summed E-state index contributed by atoms with van der Waals surface area (Å²) in [5, 5.41) is 2.82. The van der Waals surface area contributed by atoms with Crippen LogP contribution in [0, 0.1) is 0 Å². The van der Waals surface area contributed by atoms with E-state index in [4.69, 9.17) is 9.15 Å². The van der Waals surface area contributed by atoms with Crippen molar-refractivity contribution in [2.24, 2.45) is 0 Å². The Bertz CT molecular complexity index is 858. The monoisotopic (exact) mass is 406 g/mol. The lowest BCUT2D eigenvalue weighted by Gasteiger charge is -2.26. The molecule has 3 rings (SSSR count). The van der Waals surface area contributed by atoms with Crippen molar-refractivity contribution in [1.29, 1.82) is 0 Å². The van der Waals surface area contributed by atoms with Crippen LogP contribution < -0.4 is 5.32 Å². The molecule has 0 saturated carbocycles. The molecule has 2 heterocycles. The minimum Gasteiger partial charge on any atom is -0.459 e. The number of unbranched alkanes of at least 4 members (excludes halogenated alkanes) is 1. The standard InChI is InChI=1S/C20H26N2O5S/c23-20(21-9-4-5-10-22-11-14-26-15-12-22)19-17(8-13-27-19)16-28(24,25)18-6-2-1-3-7-18/h1-3,6-8,13H,4-5,9-12,14-16H2,(H,21,23). The van der Waals surface area contributed by atoms with Crippen LogP contribution in [0.5, 0.6) is 0 Å². The molecular formula is C20H26N2O5S. The molecule has 0 unspecified atom stereocenters. The number of carbonyl (C=O) groups is 1. The molecule has 0 radical (unpaired) electrons. The number of nitrogens with one attached hydrogen (secondary N) is 1. The molecule has 1 aliphatic heterocycles. The van der Waals surface area contributed by atoms with Gasteiger partial charge in [0.25, 0.3) is 5.91 Å². The molecule has 1 amide bonds. The molecule has 1 aromatic carbocycles. The smallest absolute Gasteiger partial charge is 0.287 e. The molecule has 8 heteroatoms. The highest BCUT2D eigenvalue weighted by Gasteiger charge is 2.22. The van der Waals surface area contributed by atoms with Crippen molar-refractivity contribution in [3.8, 4) is 0 Å². The summed E-state index contributed by atoms with van der Waals surface area (Å²) in [6, 6.07) is 9.73. The van der Waals surface area contributed by atoms with E-state index in [0.717, 1.165) is 45.7 Å². The van der Waals surface area contributed by atoms with Crippen LogP contribution in [-0.2, 0) is 20.3 Å². The molecule has 0 aliphatic carbocycles. The van der Waals surface area contributed by atoms with E-state index in [1.807, 2.05) is 0 Å². The van der Waals surface area contributed by atoms with E-state index in [2.05, 4.69) is 10.2 Å². The molecule has 2 aromatic rings. The van der Waals surface area contributed by atoms with Gasteiger partial charge < -0.3 is 14.5 Å². The van der Waals surface area contributed by atoms with E-state index in [0.29, 0.717) is 12.1 Å². The fourth-order valence-corrected chi connectivity index (χ4v) is 4.51. The second kappa shape index (κ2) is 9.86. The number of ether oxygens (including phenoxy) is 1. The lowest BCUT2D eigenvalue weighted by molar-refractivity contribution is 0.0372. The predicted molar refractivity (Wildman–Crippen MR) is 105 cm³/mol. The molecule has 152 valence electrons. The number of sulfone groups is 1. The Labute approximate surface area is 165 Å². The topological polar surface area (TPSA) is 88.8 Å². The highest BCUT2D eigenvalue weighted by molar-refractivity contribution is 7.90. The second-order valence-electron chi connectivity index (χ2n) is 6.76. The lowest BCUT2D eigenvalue weighted by Crippen LogP contribution is -2.37. The Morgan fingerprint density at radius 3 is 2.57 bits per heavy atom. The van der Waals surface area contributed by atoms with Gasteiger partial charge in [0.2, 0.25) is 0 Å². The van der Waals surface area contributed by atoms with Crippen LogP contribution in [-0.4, -0.2) is 58.6 Å². The van der Waals surface area contributed by atoms with E-state index in [1.54, 1.807) is 30.3 Å². The number of hydrogen-bond acceptors (Lipinski definition) is 6. The molecule has 0 bridgehead atoms. The first kappa shape index (κ1) is 20.6. The van der Waals surface area contributed by atoms with Gasteiger partial charge in [-0.25, -0.2) is 8.42 Å². The van der Waals surface area contributed by atoms with E-state index in [9.17, 15) is 13.2 Å². The summed E-state index contributed by atoms with van der Waals surface area (Å²) in [6.45, 7) is 4.99. The Hall–Kier alpha value is -2.16. The second-order valence-corrected chi connectivity index (χ2v) is 8.75. The van der Waals surface area contributed by atoms with E-state index < -0.39 is 9.84 Å². The van der Waals surface area contributed by atoms with Crippen molar-refractivity contribution < 1.29 is 22.4 Å². The Balaban J connectivity index is 1.48. The average Bonchev–Trinajstić information content (AvgIpc) is 3.16. The summed E-state index contributed by atoms with van der Waals surface area (Å²) in [5.41, 5.74) is 0.370. The van der Waals surface area contributed by atoms with Crippen LogP contribution in [0.1, 0.15) is 29.0 Å². The zero-order chi connectivity index (χ0) is 19.8. The average molecular weight is 407 g/mol. The van der Waals surface area contributed by atoms with Crippen molar-refractivity contribution in [3.63, 3.8) is 0 Å². The third-order valence-corrected chi connectivity index (χ3v) is 6.37. The normalized spacial score (nSPS) is 15.4. The van der Waals surface area contributed by atoms with Crippen molar-refractivity contribution in [2.75, 3.05) is 39.4 Å². The summed E-state index contributed by atoms with van der Waals surface area (Å²) in [7, 11) is -3.54. The fraction of sp³-hybridized carbons (Fsp3) is 0.450. The quantitative estimate of drug-likeness (QED) is 0.642. The van der Waals surface area contributed by atoms with Gasteiger partial charge in [-0.3, -0.25) is 9.69 Å². The Morgan fingerprint density at radius 1 is 1.07 bits per heavy atom. The molecular weight excluding hydrogens is 380 g/mol. The number of furan rings is 1. The first-order chi connectivity index (χ1) is 13.6. The van der Waals surface area contributed by atoms with Gasteiger partial charge in [0.05, 0.1) is 30.1 Å². The molecule has 1 saturated heterocycles. The van der Waals surface area contributed by atoms with Crippen LogP contribution in [0.15, 0.2) is 52.0 Å². The Morgan fingerprint density at radius 2 is 1.82 bits per heavy atom. The number of hydrogen-bond donors (Lipinski definition) is 1. The van der Waals surface area contributed by atoms with E-state index in [1.165, 1.54) is 12.3 Å². The molecule has 0 spiro atoms. The van der Waals surface area contributed by atoms with Gasteiger partial charge in [-0.15, -0.1) is 0 Å². The highest BCUT2D eigenvalue weighted by Crippen LogP contribution is 2.19. The van der Waals surface area contributed by atoms with Crippen molar-refractivity contribution in [3.05, 3.63) is 54.0 Å². The van der Waals surface area contributed by atoms with Gasteiger partial charge in [0.15, 0.2) is 15.6 Å². The number of nitrogens with zero attached hydrogens (tertiary/aromatic N) is 1. The van der Waals surface area contributed by atoms with Crippen LogP contribution in [0.4, 0.5) is 0 Å². The summed E-state index contributed by atoms with van der Waals surface area (Å²) in [4.78, 5) is 15.0. The summed E-state index contributed by atoms with van der Waals surface area (Å²) >= 11 is 0. The first-order valence-electron chi connectivity index (χ1n) is 9.49. The molecule has 1 aromatic heterocycles. The van der Waals surface area contributed by atoms with E-state index in [-0.39, 0.29) is 22.3 Å². The molecule has 1 fully saturated rings. The van der Waals surface area contributed by atoms with Gasteiger partial charge in [-0.1, -0.05) is 18.2 Å². The van der Waals surface area contributed by atoms with Crippen LogP contribution >= 0.6 is 0 Å². The van der Waals surface area contributed by atoms with Gasteiger partial charge in [-0.2, -0.15) is 0 Å². The maximum absolute atomic E-state index is 12.5. The third kappa shape index (κ3) is 5.67.